The normalized spacial score (nSPS) is 13.9. The predicted molar refractivity (Wildman–Crippen MR) is 98.3 cm³/mol. The van der Waals surface area contributed by atoms with Crippen molar-refractivity contribution in [2.75, 3.05) is 24.5 Å². The summed E-state index contributed by atoms with van der Waals surface area (Å²) in [6.07, 6.45) is 0.473. The summed E-state index contributed by atoms with van der Waals surface area (Å²) in [4.78, 5) is 14.3. The number of amides is 1. The van der Waals surface area contributed by atoms with Crippen LogP contribution < -0.4 is 4.90 Å². The molecule has 1 aliphatic heterocycles. The second kappa shape index (κ2) is 7.36. The fraction of sp³-hybridized carbons (Fsp3) is 0.316. The first-order valence-corrected chi connectivity index (χ1v) is 10.1. The Hall–Kier alpha value is -2.32. The quantitative estimate of drug-likeness (QED) is 0.783. The highest BCUT2D eigenvalue weighted by molar-refractivity contribution is 7.89. The summed E-state index contributed by atoms with van der Waals surface area (Å²) in [5, 5.41) is 0. The van der Waals surface area contributed by atoms with Gasteiger partial charge in [0.2, 0.25) is 10.0 Å². The number of carbonyl (C=O) groups is 1. The van der Waals surface area contributed by atoms with Gasteiger partial charge in [0, 0.05) is 37.0 Å². The van der Waals surface area contributed by atoms with Gasteiger partial charge in [0.05, 0.1) is 4.90 Å². The Morgan fingerprint density at radius 3 is 2.30 bits per heavy atom. The third-order valence-corrected chi connectivity index (χ3v) is 6.69. The molecule has 1 amide bonds. The second-order valence-electron chi connectivity index (χ2n) is 6.24. The first-order valence-electron chi connectivity index (χ1n) is 8.69. The number of hydrogen-bond donors (Lipinski definition) is 0. The topological polar surface area (TPSA) is 57.7 Å². The van der Waals surface area contributed by atoms with Crippen LogP contribution in [0.4, 0.5) is 14.5 Å². The molecule has 0 spiro atoms. The molecule has 0 fully saturated rings. The SMILES string of the molecule is CCN(CC)S(=O)(=O)c1ccc2c(c1)CCN2C(=O)c1cc(F)cc(F)c1. The average molecular weight is 394 g/mol. The maximum Gasteiger partial charge on any atom is 0.258 e. The zero-order valence-electron chi connectivity index (χ0n) is 15.1. The number of fused-ring (bicyclic) bond motifs is 1. The summed E-state index contributed by atoms with van der Waals surface area (Å²) >= 11 is 0. The van der Waals surface area contributed by atoms with E-state index in [1.165, 1.54) is 15.3 Å². The van der Waals surface area contributed by atoms with Crippen LogP contribution in [0.2, 0.25) is 0 Å². The first kappa shape index (κ1) is 19.4. The molecule has 0 atom stereocenters. The van der Waals surface area contributed by atoms with E-state index in [0.717, 1.165) is 12.1 Å². The minimum atomic E-state index is -3.59. The van der Waals surface area contributed by atoms with Gasteiger partial charge >= 0.3 is 0 Å². The molecule has 0 unspecified atom stereocenters. The smallest absolute Gasteiger partial charge is 0.258 e. The predicted octanol–water partition coefficient (Wildman–Crippen LogP) is 3.20. The molecule has 2 aromatic carbocycles. The van der Waals surface area contributed by atoms with E-state index >= 15 is 0 Å². The largest absolute Gasteiger partial charge is 0.308 e. The van der Waals surface area contributed by atoms with Crippen LogP contribution in [0.15, 0.2) is 41.3 Å². The van der Waals surface area contributed by atoms with Crippen LogP contribution in [0.25, 0.3) is 0 Å². The summed E-state index contributed by atoms with van der Waals surface area (Å²) in [7, 11) is -3.59. The number of rotatable bonds is 5. The van der Waals surface area contributed by atoms with Crippen molar-refractivity contribution in [1.29, 1.82) is 0 Å². The monoisotopic (exact) mass is 394 g/mol. The summed E-state index contributed by atoms with van der Waals surface area (Å²) in [6, 6.07) is 7.29. The van der Waals surface area contributed by atoms with E-state index in [4.69, 9.17) is 0 Å². The maximum atomic E-state index is 13.4. The first-order chi connectivity index (χ1) is 12.8. The van der Waals surface area contributed by atoms with E-state index in [2.05, 4.69) is 0 Å². The Balaban J connectivity index is 1.94. The summed E-state index contributed by atoms with van der Waals surface area (Å²) in [5.74, 6) is -2.16. The Morgan fingerprint density at radius 1 is 1.07 bits per heavy atom. The number of sulfonamides is 1. The summed E-state index contributed by atoms with van der Waals surface area (Å²) < 4.78 is 53.5. The third-order valence-electron chi connectivity index (χ3n) is 4.64. The summed E-state index contributed by atoms with van der Waals surface area (Å²) in [5.41, 5.74) is 1.19. The van der Waals surface area contributed by atoms with Gasteiger partial charge < -0.3 is 4.90 Å². The Kier molecular flexibility index (Phi) is 5.30. The van der Waals surface area contributed by atoms with Crippen molar-refractivity contribution in [3.63, 3.8) is 0 Å². The molecule has 27 heavy (non-hydrogen) atoms. The minimum absolute atomic E-state index is 0.0832. The van der Waals surface area contributed by atoms with Gasteiger partial charge in [-0.1, -0.05) is 13.8 Å². The van der Waals surface area contributed by atoms with Gasteiger partial charge in [-0.3, -0.25) is 4.79 Å². The molecule has 2 aromatic rings. The van der Waals surface area contributed by atoms with Crippen molar-refractivity contribution in [3.05, 3.63) is 59.2 Å². The molecule has 3 rings (SSSR count). The highest BCUT2D eigenvalue weighted by Gasteiger charge is 2.29. The average Bonchev–Trinajstić information content (AvgIpc) is 3.04. The molecule has 144 valence electrons. The van der Waals surface area contributed by atoms with Crippen molar-refractivity contribution in [2.45, 2.75) is 25.2 Å². The highest BCUT2D eigenvalue weighted by atomic mass is 32.2. The van der Waals surface area contributed by atoms with Crippen molar-refractivity contribution >= 4 is 21.6 Å². The zero-order valence-corrected chi connectivity index (χ0v) is 15.9. The fourth-order valence-corrected chi connectivity index (χ4v) is 4.80. The number of benzene rings is 2. The fourth-order valence-electron chi connectivity index (χ4n) is 3.30. The van der Waals surface area contributed by atoms with Crippen LogP contribution in [0.1, 0.15) is 29.8 Å². The number of nitrogens with zero attached hydrogens (tertiary/aromatic N) is 2. The van der Waals surface area contributed by atoms with Gasteiger partial charge in [-0.25, -0.2) is 17.2 Å². The molecule has 0 radical (unpaired) electrons. The highest BCUT2D eigenvalue weighted by Crippen LogP contribution is 2.32. The molecular formula is C19H20F2N2O3S. The maximum absolute atomic E-state index is 13.4. The minimum Gasteiger partial charge on any atom is -0.308 e. The van der Waals surface area contributed by atoms with Crippen molar-refractivity contribution in [1.82, 2.24) is 4.31 Å². The van der Waals surface area contributed by atoms with Crippen LogP contribution in [0.3, 0.4) is 0 Å². The molecule has 0 aliphatic carbocycles. The number of anilines is 1. The number of halogens is 2. The van der Waals surface area contributed by atoms with Gasteiger partial charge in [0.25, 0.3) is 5.91 Å². The Morgan fingerprint density at radius 2 is 1.70 bits per heavy atom. The molecule has 5 nitrogen and oxygen atoms in total. The molecule has 1 heterocycles. The molecule has 0 saturated heterocycles. The molecular weight excluding hydrogens is 374 g/mol. The van der Waals surface area contributed by atoms with Gasteiger partial charge in [0.1, 0.15) is 11.6 Å². The molecule has 0 N–H and O–H groups in total. The van der Waals surface area contributed by atoms with Crippen LogP contribution in [-0.4, -0.2) is 38.3 Å². The van der Waals surface area contributed by atoms with Gasteiger partial charge in [-0.2, -0.15) is 4.31 Å². The molecule has 0 bridgehead atoms. The molecule has 0 saturated carbocycles. The zero-order chi connectivity index (χ0) is 19.8. The van der Waals surface area contributed by atoms with Crippen LogP contribution >= 0.6 is 0 Å². The van der Waals surface area contributed by atoms with E-state index < -0.39 is 27.6 Å². The molecule has 8 heteroatoms. The van der Waals surface area contributed by atoms with Crippen LogP contribution in [0, 0.1) is 11.6 Å². The van der Waals surface area contributed by atoms with Gasteiger partial charge in [0.15, 0.2) is 0 Å². The standard InChI is InChI=1S/C19H20F2N2O3S/c1-3-22(4-2)27(25,26)17-5-6-18-13(11-17)7-8-23(18)19(24)14-9-15(20)12-16(21)10-14/h5-6,9-12H,3-4,7-8H2,1-2H3. The van der Waals surface area contributed by atoms with E-state index in [1.54, 1.807) is 26.0 Å². The van der Waals surface area contributed by atoms with Crippen molar-refractivity contribution in [2.24, 2.45) is 0 Å². The lowest BCUT2D eigenvalue weighted by Gasteiger charge is -2.20. The lowest BCUT2D eigenvalue weighted by atomic mass is 10.1. The second-order valence-corrected chi connectivity index (χ2v) is 8.18. The number of carbonyl (C=O) groups excluding carboxylic acids is 1. The molecule has 0 aromatic heterocycles. The summed E-state index contributed by atoms with van der Waals surface area (Å²) in [6.45, 7) is 4.60. The van der Waals surface area contributed by atoms with Crippen LogP contribution in [-0.2, 0) is 16.4 Å². The lowest BCUT2D eigenvalue weighted by molar-refractivity contribution is 0.0988. The van der Waals surface area contributed by atoms with E-state index in [0.29, 0.717) is 43.4 Å². The van der Waals surface area contributed by atoms with E-state index in [1.807, 2.05) is 0 Å². The van der Waals surface area contributed by atoms with Crippen LogP contribution in [0.5, 0.6) is 0 Å². The lowest BCUT2D eigenvalue weighted by Crippen LogP contribution is -2.31. The third kappa shape index (κ3) is 3.59. The molecule has 1 aliphatic rings. The Labute approximate surface area is 157 Å². The Bertz CT molecular complexity index is 968. The van der Waals surface area contributed by atoms with E-state index in [-0.39, 0.29) is 10.5 Å². The number of hydrogen-bond acceptors (Lipinski definition) is 3. The van der Waals surface area contributed by atoms with Gasteiger partial charge in [-0.15, -0.1) is 0 Å². The van der Waals surface area contributed by atoms with Gasteiger partial charge in [-0.05, 0) is 42.3 Å². The van der Waals surface area contributed by atoms with Crippen molar-refractivity contribution < 1.29 is 22.0 Å². The van der Waals surface area contributed by atoms with E-state index in [9.17, 15) is 22.0 Å². The van der Waals surface area contributed by atoms with Crippen molar-refractivity contribution in [3.8, 4) is 0 Å².